The number of thiazole rings is 1. The number of aromatic nitrogens is 1. The summed E-state index contributed by atoms with van der Waals surface area (Å²) >= 11 is 1.28. The molecule has 0 saturated heterocycles. The van der Waals surface area contributed by atoms with E-state index < -0.39 is 5.97 Å². The quantitative estimate of drug-likeness (QED) is 0.877. The molecule has 0 aliphatic rings. The first-order valence-electron chi connectivity index (χ1n) is 6.71. The van der Waals surface area contributed by atoms with Gasteiger partial charge in [0.2, 0.25) is 0 Å². The van der Waals surface area contributed by atoms with Gasteiger partial charge in [0.05, 0.1) is 13.2 Å². The van der Waals surface area contributed by atoms with Crippen molar-refractivity contribution in [1.82, 2.24) is 4.98 Å². The molecule has 0 aliphatic heterocycles. The van der Waals surface area contributed by atoms with Crippen LogP contribution in [0.4, 0.5) is 0 Å². The van der Waals surface area contributed by atoms with E-state index in [0.717, 1.165) is 5.56 Å². The molecule has 0 bridgehead atoms. The number of carboxylic acids is 1. The highest BCUT2D eigenvalue weighted by atomic mass is 32.1. The minimum atomic E-state index is -1.02. The van der Waals surface area contributed by atoms with E-state index in [1.165, 1.54) is 16.7 Å². The first kappa shape index (κ1) is 16.0. The lowest BCUT2D eigenvalue weighted by Gasteiger charge is -2.13. The molecule has 5 nitrogen and oxygen atoms in total. The standard InChI is InChI=1S/C16H17NO4S/c1-10(2)21-13-6-4-11(8-14(13)20-3)5-7-15-17-12(9-22-15)16(18)19/h4-10H,1-3H3,(H,18,19)/b7-5+. The van der Waals surface area contributed by atoms with Crippen molar-refractivity contribution in [3.63, 3.8) is 0 Å². The summed E-state index contributed by atoms with van der Waals surface area (Å²) in [6, 6.07) is 5.62. The molecular formula is C16H17NO4S. The van der Waals surface area contributed by atoms with E-state index in [4.69, 9.17) is 14.6 Å². The van der Waals surface area contributed by atoms with Crippen LogP contribution in [0.25, 0.3) is 12.2 Å². The molecule has 1 heterocycles. The van der Waals surface area contributed by atoms with Gasteiger partial charge in [0.15, 0.2) is 17.2 Å². The molecule has 0 radical (unpaired) electrons. The highest BCUT2D eigenvalue weighted by Gasteiger charge is 2.08. The summed E-state index contributed by atoms with van der Waals surface area (Å²) in [7, 11) is 1.59. The molecule has 1 aromatic carbocycles. The summed E-state index contributed by atoms with van der Waals surface area (Å²) in [4.78, 5) is 14.8. The summed E-state index contributed by atoms with van der Waals surface area (Å²) in [5.74, 6) is 0.325. The fourth-order valence-electron chi connectivity index (χ4n) is 1.77. The third kappa shape index (κ3) is 4.08. The van der Waals surface area contributed by atoms with Gasteiger partial charge in [-0.1, -0.05) is 12.1 Å². The molecule has 2 rings (SSSR count). The number of hydrogen-bond acceptors (Lipinski definition) is 5. The molecular weight excluding hydrogens is 302 g/mol. The van der Waals surface area contributed by atoms with Crippen molar-refractivity contribution in [2.45, 2.75) is 20.0 Å². The molecule has 0 unspecified atom stereocenters. The zero-order valence-corrected chi connectivity index (χ0v) is 13.4. The molecule has 0 amide bonds. The first-order valence-corrected chi connectivity index (χ1v) is 7.59. The highest BCUT2D eigenvalue weighted by Crippen LogP contribution is 2.29. The van der Waals surface area contributed by atoms with Crippen LogP contribution in [0.1, 0.15) is 34.9 Å². The molecule has 22 heavy (non-hydrogen) atoms. The molecule has 0 aliphatic carbocycles. The van der Waals surface area contributed by atoms with Crippen LogP contribution in [0, 0.1) is 0 Å². The fraction of sp³-hybridized carbons (Fsp3) is 0.250. The minimum Gasteiger partial charge on any atom is -0.493 e. The number of ether oxygens (including phenoxy) is 2. The summed E-state index contributed by atoms with van der Waals surface area (Å²) in [6.07, 6.45) is 3.70. The predicted molar refractivity (Wildman–Crippen MR) is 86.8 cm³/mol. The van der Waals surface area contributed by atoms with Crippen molar-refractivity contribution in [3.8, 4) is 11.5 Å². The Morgan fingerprint density at radius 3 is 2.68 bits per heavy atom. The Morgan fingerprint density at radius 2 is 2.09 bits per heavy atom. The van der Waals surface area contributed by atoms with Crippen LogP contribution in [-0.2, 0) is 0 Å². The van der Waals surface area contributed by atoms with Gasteiger partial charge in [-0.3, -0.25) is 0 Å². The molecule has 2 aromatic rings. The van der Waals surface area contributed by atoms with Crippen LogP contribution in [0.2, 0.25) is 0 Å². The largest absolute Gasteiger partial charge is 0.493 e. The molecule has 6 heteroatoms. The Morgan fingerprint density at radius 1 is 1.32 bits per heavy atom. The molecule has 1 aromatic heterocycles. The van der Waals surface area contributed by atoms with Crippen LogP contribution in [0.15, 0.2) is 23.6 Å². The Labute approximate surface area is 132 Å². The number of carboxylic acid groups (broad SMARTS) is 1. The van der Waals surface area contributed by atoms with Crippen molar-refractivity contribution < 1.29 is 19.4 Å². The zero-order valence-electron chi connectivity index (χ0n) is 12.6. The second kappa shape index (κ2) is 7.09. The predicted octanol–water partition coefficient (Wildman–Crippen LogP) is 3.81. The number of benzene rings is 1. The Bertz CT molecular complexity index is 691. The van der Waals surface area contributed by atoms with Gasteiger partial charge in [0, 0.05) is 5.38 Å². The SMILES string of the molecule is COc1cc(/C=C/c2nc(C(=O)O)cs2)ccc1OC(C)C. The van der Waals surface area contributed by atoms with E-state index >= 15 is 0 Å². The maximum absolute atomic E-state index is 10.8. The van der Waals surface area contributed by atoms with E-state index in [1.807, 2.05) is 38.1 Å². The summed E-state index contributed by atoms with van der Waals surface area (Å²) in [5, 5.41) is 11.0. The molecule has 116 valence electrons. The molecule has 0 saturated carbocycles. The third-order valence-electron chi connectivity index (χ3n) is 2.71. The molecule has 1 N–H and O–H groups in total. The highest BCUT2D eigenvalue weighted by molar-refractivity contribution is 7.10. The van der Waals surface area contributed by atoms with Crippen LogP contribution >= 0.6 is 11.3 Å². The second-order valence-electron chi connectivity index (χ2n) is 4.79. The number of hydrogen-bond donors (Lipinski definition) is 1. The maximum Gasteiger partial charge on any atom is 0.355 e. The number of carbonyl (C=O) groups is 1. The van der Waals surface area contributed by atoms with E-state index in [0.29, 0.717) is 16.5 Å². The number of nitrogens with zero attached hydrogens (tertiary/aromatic N) is 1. The van der Waals surface area contributed by atoms with Gasteiger partial charge < -0.3 is 14.6 Å². The summed E-state index contributed by atoms with van der Waals surface area (Å²) in [6.45, 7) is 3.91. The third-order valence-corrected chi connectivity index (χ3v) is 3.52. The van der Waals surface area contributed by atoms with Crippen molar-refractivity contribution >= 4 is 29.5 Å². The number of aromatic carboxylic acids is 1. The molecule has 0 atom stereocenters. The molecule has 0 fully saturated rings. The molecule has 0 spiro atoms. The van der Waals surface area contributed by atoms with Crippen molar-refractivity contribution in [2.75, 3.05) is 7.11 Å². The lowest BCUT2D eigenvalue weighted by molar-refractivity contribution is 0.0691. The second-order valence-corrected chi connectivity index (χ2v) is 5.68. The fourth-order valence-corrected chi connectivity index (χ4v) is 2.45. The van der Waals surface area contributed by atoms with E-state index in [2.05, 4.69) is 4.98 Å². The van der Waals surface area contributed by atoms with Crippen LogP contribution in [-0.4, -0.2) is 29.3 Å². The smallest absolute Gasteiger partial charge is 0.355 e. The minimum absolute atomic E-state index is 0.0583. The maximum atomic E-state index is 10.8. The van der Waals surface area contributed by atoms with Gasteiger partial charge in [-0.05, 0) is 37.6 Å². The lowest BCUT2D eigenvalue weighted by Crippen LogP contribution is -2.06. The number of rotatable bonds is 6. The van der Waals surface area contributed by atoms with Crippen molar-refractivity contribution in [2.24, 2.45) is 0 Å². The van der Waals surface area contributed by atoms with Crippen molar-refractivity contribution in [1.29, 1.82) is 0 Å². The van der Waals surface area contributed by atoms with Gasteiger partial charge in [-0.2, -0.15) is 0 Å². The van der Waals surface area contributed by atoms with Gasteiger partial charge in [-0.25, -0.2) is 9.78 Å². The van der Waals surface area contributed by atoms with Crippen LogP contribution in [0.3, 0.4) is 0 Å². The normalized spacial score (nSPS) is 11.1. The van der Waals surface area contributed by atoms with E-state index in [1.54, 1.807) is 13.2 Å². The first-order chi connectivity index (χ1) is 10.5. The van der Waals surface area contributed by atoms with E-state index in [9.17, 15) is 4.79 Å². The Hall–Kier alpha value is -2.34. The van der Waals surface area contributed by atoms with Gasteiger partial charge >= 0.3 is 5.97 Å². The van der Waals surface area contributed by atoms with Gasteiger partial charge in [0.1, 0.15) is 5.01 Å². The average molecular weight is 319 g/mol. The monoisotopic (exact) mass is 319 g/mol. The van der Waals surface area contributed by atoms with Crippen LogP contribution < -0.4 is 9.47 Å². The zero-order chi connectivity index (χ0) is 16.1. The van der Waals surface area contributed by atoms with Crippen molar-refractivity contribution in [3.05, 3.63) is 39.8 Å². The Balaban J connectivity index is 2.18. The van der Waals surface area contributed by atoms with E-state index in [-0.39, 0.29) is 11.8 Å². The van der Waals surface area contributed by atoms with Crippen LogP contribution in [0.5, 0.6) is 11.5 Å². The van der Waals surface area contributed by atoms with Gasteiger partial charge in [0.25, 0.3) is 0 Å². The topological polar surface area (TPSA) is 68.7 Å². The average Bonchev–Trinajstić information content (AvgIpc) is 2.94. The number of methoxy groups -OCH3 is 1. The lowest BCUT2D eigenvalue weighted by atomic mass is 10.2. The summed E-state index contributed by atoms with van der Waals surface area (Å²) < 4.78 is 11.0. The summed E-state index contributed by atoms with van der Waals surface area (Å²) in [5.41, 5.74) is 0.975. The Kier molecular flexibility index (Phi) is 5.16. The van der Waals surface area contributed by atoms with Gasteiger partial charge in [-0.15, -0.1) is 11.3 Å².